The first-order valence-electron chi connectivity index (χ1n) is 4.61. The van der Waals surface area contributed by atoms with Gasteiger partial charge in [-0.1, -0.05) is 30.3 Å². The lowest BCUT2D eigenvalue weighted by Gasteiger charge is -2.02. The molecule has 0 bridgehead atoms. The molecular weight excluding hydrogens is 208 g/mol. The van der Waals surface area contributed by atoms with Crippen molar-refractivity contribution in [3.05, 3.63) is 42.5 Å². The SMILES string of the molecule is O=C(O)C(=O)Oc1ccc2ccccc2c1. The predicted molar refractivity (Wildman–Crippen MR) is 57.2 cm³/mol. The van der Waals surface area contributed by atoms with Crippen molar-refractivity contribution in [1.82, 2.24) is 0 Å². The van der Waals surface area contributed by atoms with Crippen LogP contribution in [0.2, 0.25) is 0 Å². The smallest absolute Gasteiger partial charge is 0.422 e. The molecule has 0 aliphatic heterocycles. The highest BCUT2D eigenvalue weighted by atomic mass is 16.6. The Hall–Kier alpha value is -2.36. The summed E-state index contributed by atoms with van der Waals surface area (Å²) in [5.41, 5.74) is 0. The molecule has 0 unspecified atom stereocenters. The number of benzene rings is 2. The largest absolute Gasteiger partial charge is 0.473 e. The van der Waals surface area contributed by atoms with Gasteiger partial charge in [0, 0.05) is 0 Å². The second-order valence-corrected chi connectivity index (χ2v) is 3.20. The number of rotatable bonds is 1. The zero-order valence-electron chi connectivity index (χ0n) is 8.21. The predicted octanol–water partition coefficient (Wildman–Crippen LogP) is 1.83. The van der Waals surface area contributed by atoms with Crippen LogP contribution < -0.4 is 4.74 Å². The van der Waals surface area contributed by atoms with E-state index in [4.69, 9.17) is 5.11 Å². The van der Waals surface area contributed by atoms with E-state index in [0.717, 1.165) is 10.8 Å². The van der Waals surface area contributed by atoms with Crippen LogP contribution in [0.25, 0.3) is 10.8 Å². The monoisotopic (exact) mass is 216 g/mol. The summed E-state index contributed by atoms with van der Waals surface area (Å²) in [5, 5.41) is 10.3. The number of hydrogen-bond acceptors (Lipinski definition) is 3. The average Bonchev–Trinajstić information content (AvgIpc) is 2.28. The molecule has 1 N–H and O–H groups in total. The molecule has 0 aromatic heterocycles. The molecule has 0 atom stereocenters. The van der Waals surface area contributed by atoms with Crippen LogP contribution in [0.5, 0.6) is 5.75 Å². The van der Waals surface area contributed by atoms with Crippen molar-refractivity contribution in [1.29, 1.82) is 0 Å². The first kappa shape index (κ1) is 10.2. The lowest BCUT2D eigenvalue weighted by Crippen LogP contribution is -2.19. The Morgan fingerprint density at radius 3 is 2.38 bits per heavy atom. The number of carbonyl (C=O) groups excluding carboxylic acids is 1. The molecule has 2 aromatic rings. The van der Waals surface area contributed by atoms with E-state index in [1.54, 1.807) is 18.2 Å². The highest BCUT2D eigenvalue weighted by molar-refractivity contribution is 6.29. The zero-order chi connectivity index (χ0) is 11.5. The number of fused-ring (bicyclic) bond motifs is 1. The Balaban J connectivity index is 2.33. The van der Waals surface area contributed by atoms with Crippen LogP contribution in [0.15, 0.2) is 42.5 Å². The van der Waals surface area contributed by atoms with Crippen molar-refractivity contribution < 1.29 is 19.4 Å². The van der Waals surface area contributed by atoms with Gasteiger partial charge in [0.15, 0.2) is 0 Å². The van der Waals surface area contributed by atoms with E-state index in [0.29, 0.717) is 0 Å². The number of carboxylic acid groups (broad SMARTS) is 1. The van der Waals surface area contributed by atoms with Gasteiger partial charge in [-0.15, -0.1) is 0 Å². The molecule has 80 valence electrons. The molecule has 0 saturated carbocycles. The lowest BCUT2D eigenvalue weighted by molar-refractivity contribution is -0.158. The van der Waals surface area contributed by atoms with E-state index in [9.17, 15) is 9.59 Å². The molecule has 0 radical (unpaired) electrons. The van der Waals surface area contributed by atoms with Gasteiger partial charge in [-0.3, -0.25) is 0 Å². The van der Waals surface area contributed by atoms with Gasteiger partial charge in [0.2, 0.25) is 0 Å². The van der Waals surface area contributed by atoms with Crippen molar-refractivity contribution in [2.24, 2.45) is 0 Å². The van der Waals surface area contributed by atoms with Gasteiger partial charge in [0.25, 0.3) is 0 Å². The van der Waals surface area contributed by atoms with Crippen LogP contribution in [0.3, 0.4) is 0 Å². The van der Waals surface area contributed by atoms with Gasteiger partial charge < -0.3 is 9.84 Å². The summed E-state index contributed by atoms with van der Waals surface area (Å²) in [6, 6.07) is 12.5. The van der Waals surface area contributed by atoms with Crippen LogP contribution in [0, 0.1) is 0 Å². The average molecular weight is 216 g/mol. The molecule has 0 aliphatic carbocycles. The van der Waals surface area contributed by atoms with Crippen molar-refractivity contribution in [3.63, 3.8) is 0 Å². The summed E-state index contributed by atoms with van der Waals surface area (Å²) in [5.74, 6) is -2.66. The second kappa shape index (κ2) is 4.02. The Kier molecular flexibility index (Phi) is 2.55. The van der Waals surface area contributed by atoms with Gasteiger partial charge in [0.05, 0.1) is 0 Å². The maximum Gasteiger partial charge on any atom is 0.422 e. The third kappa shape index (κ3) is 2.00. The van der Waals surface area contributed by atoms with Gasteiger partial charge in [-0.05, 0) is 22.9 Å². The number of carboxylic acids is 1. The number of esters is 1. The van der Waals surface area contributed by atoms with E-state index < -0.39 is 11.9 Å². The van der Waals surface area contributed by atoms with E-state index in [2.05, 4.69) is 4.74 Å². The maximum atomic E-state index is 10.8. The standard InChI is InChI=1S/C12H8O4/c13-11(14)12(15)16-10-6-5-8-3-1-2-4-9(8)7-10/h1-7H,(H,13,14). The maximum absolute atomic E-state index is 10.8. The normalized spacial score (nSPS) is 10.0. The second-order valence-electron chi connectivity index (χ2n) is 3.20. The molecule has 0 aliphatic rings. The Morgan fingerprint density at radius 2 is 1.69 bits per heavy atom. The minimum absolute atomic E-state index is 0.228. The van der Waals surface area contributed by atoms with E-state index >= 15 is 0 Å². The van der Waals surface area contributed by atoms with Gasteiger partial charge >= 0.3 is 11.9 Å². The fourth-order valence-corrected chi connectivity index (χ4v) is 1.38. The highest BCUT2D eigenvalue weighted by Gasteiger charge is 2.13. The summed E-state index contributed by atoms with van der Waals surface area (Å²) in [6.45, 7) is 0. The lowest BCUT2D eigenvalue weighted by atomic mass is 10.1. The summed E-state index contributed by atoms with van der Waals surface area (Å²) in [4.78, 5) is 21.1. The molecule has 0 heterocycles. The van der Waals surface area contributed by atoms with Crippen LogP contribution in [-0.2, 0) is 9.59 Å². The minimum Gasteiger partial charge on any atom is -0.473 e. The Labute approximate surface area is 91.1 Å². The van der Waals surface area contributed by atoms with Crippen molar-refractivity contribution in [3.8, 4) is 5.75 Å². The number of aliphatic carboxylic acids is 1. The van der Waals surface area contributed by atoms with Gasteiger partial charge in [-0.2, -0.15) is 0 Å². The Bertz CT molecular complexity index is 560. The quantitative estimate of drug-likeness (QED) is 0.448. The van der Waals surface area contributed by atoms with E-state index in [1.807, 2.05) is 24.3 Å². The number of ether oxygens (including phenoxy) is 1. The molecule has 0 spiro atoms. The Morgan fingerprint density at radius 1 is 1.00 bits per heavy atom. The van der Waals surface area contributed by atoms with Crippen LogP contribution in [-0.4, -0.2) is 17.0 Å². The van der Waals surface area contributed by atoms with E-state index in [1.165, 1.54) is 0 Å². The van der Waals surface area contributed by atoms with Crippen LogP contribution in [0.1, 0.15) is 0 Å². The summed E-state index contributed by atoms with van der Waals surface area (Å²) >= 11 is 0. The summed E-state index contributed by atoms with van der Waals surface area (Å²) in [7, 11) is 0. The zero-order valence-corrected chi connectivity index (χ0v) is 8.21. The van der Waals surface area contributed by atoms with Gasteiger partial charge in [0.1, 0.15) is 5.75 Å². The first-order chi connectivity index (χ1) is 7.66. The molecule has 4 nitrogen and oxygen atoms in total. The van der Waals surface area contributed by atoms with Crippen LogP contribution >= 0.6 is 0 Å². The van der Waals surface area contributed by atoms with Crippen molar-refractivity contribution in [2.75, 3.05) is 0 Å². The summed E-state index contributed by atoms with van der Waals surface area (Å²) in [6.07, 6.45) is 0. The molecule has 16 heavy (non-hydrogen) atoms. The van der Waals surface area contributed by atoms with Crippen LogP contribution in [0.4, 0.5) is 0 Å². The summed E-state index contributed by atoms with van der Waals surface area (Å²) < 4.78 is 4.65. The number of carbonyl (C=O) groups is 2. The topological polar surface area (TPSA) is 63.6 Å². The molecule has 0 amide bonds. The third-order valence-corrected chi connectivity index (χ3v) is 2.11. The molecule has 2 rings (SSSR count). The fourth-order valence-electron chi connectivity index (χ4n) is 1.38. The van der Waals surface area contributed by atoms with Crippen molar-refractivity contribution >= 4 is 22.7 Å². The van der Waals surface area contributed by atoms with Crippen molar-refractivity contribution in [2.45, 2.75) is 0 Å². The minimum atomic E-state index is -1.60. The number of hydrogen-bond donors (Lipinski definition) is 1. The highest BCUT2D eigenvalue weighted by Crippen LogP contribution is 2.20. The molecule has 2 aromatic carbocycles. The molecular formula is C12H8O4. The molecule has 4 heteroatoms. The van der Waals surface area contributed by atoms with E-state index in [-0.39, 0.29) is 5.75 Å². The molecule has 0 fully saturated rings. The molecule has 0 saturated heterocycles. The first-order valence-corrected chi connectivity index (χ1v) is 4.61. The fraction of sp³-hybridized carbons (Fsp3) is 0. The van der Waals surface area contributed by atoms with Gasteiger partial charge in [-0.25, -0.2) is 9.59 Å². The third-order valence-electron chi connectivity index (χ3n) is 2.11.